The predicted molar refractivity (Wildman–Crippen MR) is 583 cm³/mol. The Hall–Kier alpha value is -14.8. The highest BCUT2D eigenvalue weighted by molar-refractivity contribution is 5.73. The largest absolute Gasteiger partial charge is 0.495 e. The summed E-state index contributed by atoms with van der Waals surface area (Å²) in [5, 5.41) is 19.5. The number of hydrogen-bond acceptors (Lipinski definition) is 20. The Balaban J connectivity index is 0.000000116. The van der Waals surface area contributed by atoms with Gasteiger partial charge in [-0.15, -0.1) is 0 Å². The molecule has 8 atom stereocenters. The molecule has 28 heteroatoms. The molecule has 0 saturated carbocycles. The Bertz CT molecular complexity index is 6410. The number of rotatable bonds is 28. The van der Waals surface area contributed by atoms with Crippen LogP contribution in [0.1, 0.15) is 240 Å². The van der Waals surface area contributed by atoms with Gasteiger partial charge in [0.1, 0.15) is 46.3 Å². The van der Waals surface area contributed by atoms with Gasteiger partial charge in [0.05, 0.1) is 99.3 Å². The summed E-state index contributed by atoms with van der Waals surface area (Å²) in [7, 11) is 6.80. The average Bonchev–Trinajstić information content (AvgIpc) is 1.64. The van der Waals surface area contributed by atoms with E-state index in [1.165, 1.54) is 99.3 Å². The summed E-state index contributed by atoms with van der Waals surface area (Å²) in [5.41, 5.74) is 17.5. The highest BCUT2D eigenvalue weighted by Gasteiger charge is 2.42. The first-order valence-corrected chi connectivity index (χ1v) is 53.1. The fourth-order valence-electron chi connectivity index (χ4n) is 23.6. The minimum absolute atomic E-state index is 0.438. The second kappa shape index (κ2) is 46.5. The number of aryl methyl sites for hydroxylation is 8. The molecule has 760 valence electrons. The molecule has 8 aliphatic rings. The maximum atomic E-state index is 5.67. The maximum Gasteiger partial charge on any atom is 0.174 e. The molecule has 0 bridgehead atoms. The van der Waals surface area contributed by atoms with Crippen molar-refractivity contribution in [3.05, 3.63) is 358 Å². The summed E-state index contributed by atoms with van der Waals surface area (Å²) in [6, 6.07) is 70.2. The molecule has 16 aromatic rings. The summed E-state index contributed by atoms with van der Waals surface area (Å²) in [6.07, 6.45) is 50.9. The third-order valence-corrected chi connectivity index (χ3v) is 30.6. The van der Waals surface area contributed by atoms with Crippen LogP contribution < -0.4 is 18.9 Å². The zero-order chi connectivity index (χ0) is 101. The molecule has 28 nitrogen and oxygen atoms in total. The third-order valence-electron chi connectivity index (χ3n) is 30.6. The number of methoxy groups -OCH3 is 4. The summed E-state index contributed by atoms with van der Waals surface area (Å²) in [5.74, 6) is 12.7. The van der Waals surface area contributed by atoms with Gasteiger partial charge in [-0.1, -0.05) is 170 Å². The molecule has 0 radical (unpaired) electrons. The van der Waals surface area contributed by atoms with Crippen molar-refractivity contribution >= 4 is 48.6 Å². The van der Waals surface area contributed by atoms with Crippen molar-refractivity contribution in [3.63, 3.8) is 0 Å². The van der Waals surface area contributed by atoms with Crippen molar-refractivity contribution in [3.8, 4) is 45.7 Å². The van der Waals surface area contributed by atoms with Crippen LogP contribution in [0.3, 0.4) is 0 Å². The molecule has 0 amide bonds. The molecule has 0 N–H and O–H groups in total. The van der Waals surface area contributed by atoms with Crippen LogP contribution in [0.25, 0.3) is 71.4 Å². The van der Waals surface area contributed by atoms with Crippen molar-refractivity contribution in [2.24, 2.45) is 0 Å². The van der Waals surface area contributed by atoms with Gasteiger partial charge >= 0.3 is 0 Å². The zero-order valence-electron chi connectivity index (χ0n) is 86.5. The van der Waals surface area contributed by atoms with Crippen LogP contribution in [0, 0.1) is 27.7 Å². The van der Waals surface area contributed by atoms with E-state index in [1.807, 2.05) is 145 Å². The van der Waals surface area contributed by atoms with Gasteiger partial charge in [0.15, 0.2) is 23.3 Å². The fraction of sp³-hybridized carbons (Fsp3) is 0.367. The van der Waals surface area contributed by atoms with Crippen LogP contribution in [0.15, 0.2) is 244 Å². The van der Waals surface area contributed by atoms with Crippen molar-refractivity contribution in [1.29, 1.82) is 0 Å². The summed E-state index contributed by atoms with van der Waals surface area (Å²) < 4.78 is 39.2. The number of fused-ring (bicyclic) bond motifs is 4. The van der Waals surface area contributed by atoms with Gasteiger partial charge in [0.25, 0.3) is 0 Å². The molecule has 24 rings (SSSR count). The topological polar surface area (TPSA) is 244 Å². The van der Waals surface area contributed by atoms with E-state index in [1.54, 1.807) is 28.4 Å². The van der Waals surface area contributed by atoms with Crippen molar-refractivity contribution in [2.45, 2.75) is 231 Å². The normalized spacial score (nSPS) is 19.9. The SMILES string of the molecule is COc1cc(/C=C/c2nc3n(n2)CCC[C@@H]3[C@@H]2CCCN2Cc2ccccc2)ccc1-n1cnc(C)c1.COc1cc(/C=C/c2nc3n(n2)CCC[C@@H]3[C@H]2CCCN2Cc2ccccc2)ccc1-n1cnc(C)c1.COc1cc(/C=C/c2nc3n(n2)CCC[C@H]3[C@@H]2CCCN2Cc2ccccc2)ccc1-n1cnc(C)c1.COc1cc(/C=C/c2nc3n(n2)CCC[C@H]3[C@H]2CCCN2Cc2ccccc2)ccc1-n1cnc(C)c1. The van der Waals surface area contributed by atoms with E-state index in [9.17, 15) is 0 Å². The number of imidazole rings is 4. The summed E-state index contributed by atoms with van der Waals surface area (Å²) in [6.45, 7) is 20.4. The molecular weight excluding hydrogens is 1840 g/mol. The monoisotopic (exact) mass is 1980 g/mol. The Morgan fingerprint density at radius 3 is 0.676 bits per heavy atom. The van der Waals surface area contributed by atoms with E-state index in [4.69, 9.17) is 59.3 Å². The fourth-order valence-corrected chi connectivity index (χ4v) is 23.6. The van der Waals surface area contributed by atoms with E-state index in [-0.39, 0.29) is 0 Å². The molecule has 8 aromatic heterocycles. The van der Waals surface area contributed by atoms with Crippen LogP contribution in [-0.4, -0.2) is 196 Å². The first-order chi connectivity index (χ1) is 72.7. The number of likely N-dealkylation sites (tertiary alicyclic amines) is 4. The molecule has 0 unspecified atom stereocenters. The van der Waals surface area contributed by atoms with E-state index in [0.29, 0.717) is 47.8 Å². The first kappa shape index (κ1) is 99.1. The smallest absolute Gasteiger partial charge is 0.174 e. The molecular formula is C120H136N24O4. The minimum atomic E-state index is 0.438. The lowest BCUT2D eigenvalue weighted by Gasteiger charge is -2.33. The predicted octanol–water partition coefficient (Wildman–Crippen LogP) is 22.0. The van der Waals surface area contributed by atoms with Crippen molar-refractivity contribution < 1.29 is 18.9 Å². The lowest BCUT2D eigenvalue weighted by atomic mass is 9.89. The van der Waals surface area contributed by atoms with Gasteiger partial charge in [0, 0.05) is 125 Å². The lowest BCUT2D eigenvalue weighted by molar-refractivity contribution is 0.191. The molecule has 8 aromatic carbocycles. The minimum Gasteiger partial charge on any atom is -0.495 e. The molecule has 8 aliphatic heterocycles. The van der Waals surface area contributed by atoms with E-state index >= 15 is 0 Å². The number of nitrogens with zero attached hydrogens (tertiary/aromatic N) is 24. The quantitative estimate of drug-likeness (QED) is 0.0442. The van der Waals surface area contributed by atoms with Crippen molar-refractivity contribution in [1.82, 2.24) is 117 Å². The van der Waals surface area contributed by atoms with Crippen LogP contribution in [-0.2, 0) is 52.4 Å². The highest BCUT2D eigenvalue weighted by atomic mass is 16.5. The lowest BCUT2D eigenvalue weighted by Crippen LogP contribution is -2.37. The van der Waals surface area contributed by atoms with Crippen LogP contribution in [0.5, 0.6) is 23.0 Å². The zero-order valence-corrected chi connectivity index (χ0v) is 86.5. The second-order valence-electron chi connectivity index (χ2n) is 40.6. The molecule has 0 aliphatic carbocycles. The van der Waals surface area contributed by atoms with Gasteiger partial charge in [-0.05, 0) is 274 Å². The Morgan fingerprint density at radius 1 is 0.257 bits per heavy atom. The van der Waals surface area contributed by atoms with Gasteiger partial charge in [-0.25, -0.2) is 58.6 Å². The number of ether oxygens (including phenoxy) is 4. The first-order valence-electron chi connectivity index (χ1n) is 53.1. The summed E-state index contributed by atoms with van der Waals surface area (Å²) in [4.78, 5) is 48.1. The molecule has 148 heavy (non-hydrogen) atoms. The van der Waals surface area contributed by atoms with Gasteiger partial charge in [-0.2, -0.15) is 20.4 Å². The number of benzene rings is 8. The van der Waals surface area contributed by atoms with E-state index < -0.39 is 0 Å². The van der Waals surface area contributed by atoms with Crippen LogP contribution in [0.4, 0.5) is 0 Å². The van der Waals surface area contributed by atoms with Gasteiger partial charge in [0.2, 0.25) is 0 Å². The van der Waals surface area contributed by atoms with Gasteiger partial charge in [-0.3, -0.25) is 19.6 Å². The average molecular weight is 1980 g/mol. The van der Waals surface area contributed by atoms with E-state index in [2.05, 4.69) is 252 Å². The van der Waals surface area contributed by atoms with Crippen LogP contribution >= 0.6 is 0 Å². The Kier molecular flexibility index (Phi) is 31.1. The molecule has 4 saturated heterocycles. The summed E-state index contributed by atoms with van der Waals surface area (Å²) >= 11 is 0. The van der Waals surface area contributed by atoms with E-state index in [0.717, 1.165) is 242 Å². The molecule has 0 spiro atoms. The van der Waals surface area contributed by atoms with Crippen LogP contribution in [0.2, 0.25) is 0 Å². The number of aromatic nitrogens is 20. The standard InChI is InChI=1S/4C30H34N6O/c4*1-22-19-35(21-31-22)27-14-12-23(18-28(27)37-2)13-15-29-32-30-25(10-6-17-36(30)33-29)26-11-7-16-34(26)20-24-8-4-3-5-9-24/h4*3-5,8-9,12-15,18-19,21,25-26H,6-7,10-11,16-17,20H2,1-2H3/b4*15-13+/t2*25-,26+;2*25-,26-/m1010/s1. The number of hydrogen-bond donors (Lipinski definition) is 0. The Labute approximate surface area is 868 Å². The third kappa shape index (κ3) is 23.2. The molecule has 4 fully saturated rings. The molecule has 16 heterocycles. The van der Waals surface area contributed by atoms with Gasteiger partial charge < -0.3 is 37.2 Å². The second-order valence-corrected chi connectivity index (χ2v) is 40.6. The highest BCUT2D eigenvalue weighted by Crippen LogP contribution is 2.44. The van der Waals surface area contributed by atoms with Crippen molar-refractivity contribution in [2.75, 3.05) is 54.6 Å². The maximum absolute atomic E-state index is 5.67. The Morgan fingerprint density at radius 2 is 0.473 bits per heavy atom.